The lowest BCUT2D eigenvalue weighted by Gasteiger charge is -2.55. The first-order valence-electron chi connectivity index (χ1n) is 12.9. The minimum atomic E-state index is -0.500. The van der Waals surface area contributed by atoms with E-state index < -0.39 is 11.4 Å². The number of benzene rings is 3. The van der Waals surface area contributed by atoms with Gasteiger partial charge in [0.2, 0.25) is 0 Å². The van der Waals surface area contributed by atoms with Crippen LogP contribution in [-0.4, -0.2) is 41.3 Å². The number of nitrogens with one attached hydrogen (secondary N) is 1. The van der Waals surface area contributed by atoms with Crippen molar-refractivity contribution in [2.24, 2.45) is 0 Å². The van der Waals surface area contributed by atoms with Crippen molar-refractivity contribution in [2.75, 3.05) is 20.6 Å². The Hall–Kier alpha value is -3.44. The summed E-state index contributed by atoms with van der Waals surface area (Å²) in [6.07, 6.45) is 4.18. The summed E-state index contributed by atoms with van der Waals surface area (Å²) in [5.74, 6) is -0.669. The number of carbonyl (C=O) groups is 1. The fourth-order valence-electron chi connectivity index (χ4n) is 6.85. The summed E-state index contributed by atoms with van der Waals surface area (Å²) in [7, 11) is 4.31. The molecular weight excluding hydrogens is 449 g/mol. The van der Waals surface area contributed by atoms with Crippen molar-refractivity contribution in [2.45, 2.75) is 43.2 Å². The van der Waals surface area contributed by atoms with E-state index in [0.717, 1.165) is 43.3 Å². The van der Waals surface area contributed by atoms with Gasteiger partial charge in [-0.1, -0.05) is 60.7 Å². The van der Waals surface area contributed by atoms with E-state index in [1.807, 2.05) is 11.0 Å². The lowest BCUT2D eigenvalue weighted by atomic mass is 9.65. The van der Waals surface area contributed by atoms with Crippen molar-refractivity contribution in [3.05, 3.63) is 107 Å². The highest BCUT2D eigenvalue weighted by molar-refractivity contribution is 5.96. The third kappa shape index (κ3) is 3.33. The van der Waals surface area contributed by atoms with E-state index >= 15 is 0 Å². The molecule has 1 spiro atoms. The molecule has 1 amide bonds. The van der Waals surface area contributed by atoms with Crippen LogP contribution in [0.1, 0.15) is 52.9 Å². The number of aromatic nitrogens is 1. The highest BCUT2D eigenvalue weighted by Gasteiger charge is 2.53. The average Bonchev–Trinajstić information content (AvgIpc) is 3.30. The molecule has 4 aromatic rings. The third-order valence-corrected chi connectivity index (χ3v) is 8.80. The Balaban J connectivity index is 1.48. The van der Waals surface area contributed by atoms with Crippen LogP contribution < -0.4 is 0 Å². The summed E-state index contributed by atoms with van der Waals surface area (Å²) < 4.78 is 14.8. The highest BCUT2D eigenvalue weighted by Crippen LogP contribution is 2.53. The summed E-state index contributed by atoms with van der Waals surface area (Å²) in [5, 5.41) is 1.23. The van der Waals surface area contributed by atoms with Gasteiger partial charge < -0.3 is 9.88 Å². The number of halogens is 1. The van der Waals surface area contributed by atoms with Crippen molar-refractivity contribution >= 4 is 16.8 Å². The minimum Gasteiger partial charge on any atom is -0.356 e. The van der Waals surface area contributed by atoms with E-state index in [2.05, 4.69) is 72.5 Å². The van der Waals surface area contributed by atoms with Crippen molar-refractivity contribution in [3.8, 4) is 0 Å². The normalized spacial score (nSPS) is 23.8. The molecular formula is C31H32FN3O. The van der Waals surface area contributed by atoms with E-state index in [0.29, 0.717) is 6.54 Å². The van der Waals surface area contributed by atoms with Crippen LogP contribution in [0, 0.1) is 5.82 Å². The molecule has 5 heteroatoms. The molecule has 1 aromatic heterocycles. The fourth-order valence-corrected chi connectivity index (χ4v) is 6.85. The van der Waals surface area contributed by atoms with E-state index in [1.165, 1.54) is 22.6 Å². The summed E-state index contributed by atoms with van der Waals surface area (Å²) in [6.45, 7) is 0.586. The van der Waals surface area contributed by atoms with E-state index in [4.69, 9.17) is 0 Å². The number of fused-ring (bicyclic) bond motifs is 4. The minimum absolute atomic E-state index is 0.108. The van der Waals surface area contributed by atoms with Gasteiger partial charge in [0.15, 0.2) is 0 Å². The van der Waals surface area contributed by atoms with Crippen LogP contribution in [0.25, 0.3) is 10.9 Å². The van der Waals surface area contributed by atoms with Crippen LogP contribution in [0.15, 0.2) is 78.9 Å². The first-order valence-corrected chi connectivity index (χ1v) is 12.9. The second kappa shape index (κ2) is 8.59. The Morgan fingerprint density at radius 3 is 2.28 bits per heavy atom. The molecule has 4 nitrogen and oxygen atoms in total. The molecule has 184 valence electrons. The van der Waals surface area contributed by atoms with Crippen LogP contribution in [-0.2, 0) is 17.5 Å². The topological polar surface area (TPSA) is 39.3 Å². The number of hydrogen-bond acceptors (Lipinski definition) is 2. The maximum absolute atomic E-state index is 14.8. The SMILES string of the molecule is CN(C)C1(c2ccccc2)CCC2(CC1)c1[nH]c3ccccc3c1CCN2C(=O)c1ccccc1F. The monoisotopic (exact) mass is 481 g/mol. The Morgan fingerprint density at radius 1 is 0.889 bits per heavy atom. The van der Waals surface area contributed by atoms with Crippen molar-refractivity contribution in [1.82, 2.24) is 14.8 Å². The standard InChI is InChI=1S/C31H32FN3O/c1-34(2)30(22-10-4-3-5-11-22)17-19-31(20-18-30)28-24(23-12-7-9-15-27(23)33-28)16-21-35(31)29(36)25-13-6-8-14-26(25)32/h3-15,33H,16-21H2,1-2H3. The largest absolute Gasteiger partial charge is 0.356 e. The van der Waals surface area contributed by atoms with Gasteiger partial charge in [0.1, 0.15) is 5.82 Å². The third-order valence-electron chi connectivity index (χ3n) is 8.80. The van der Waals surface area contributed by atoms with Gasteiger partial charge in [-0.2, -0.15) is 0 Å². The van der Waals surface area contributed by atoms with E-state index in [-0.39, 0.29) is 17.0 Å². The second-order valence-electron chi connectivity index (χ2n) is 10.5. The molecule has 2 aliphatic rings. The predicted octanol–water partition coefficient (Wildman–Crippen LogP) is 6.23. The average molecular weight is 482 g/mol. The van der Waals surface area contributed by atoms with Crippen LogP contribution in [0.5, 0.6) is 0 Å². The van der Waals surface area contributed by atoms with Gasteiger partial charge in [0, 0.05) is 28.7 Å². The van der Waals surface area contributed by atoms with Crippen molar-refractivity contribution < 1.29 is 9.18 Å². The molecule has 6 rings (SSSR count). The van der Waals surface area contributed by atoms with Gasteiger partial charge in [-0.25, -0.2) is 4.39 Å². The van der Waals surface area contributed by atoms with Crippen molar-refractivity contribution in [3.63, 3.8) is 0 Å². The maximum atomic E-state index is 14.8. The summed E-state index contributed by atoms with van der Waals surface area (Å²) in [4.78, 5) is 22.0. The predicted molar refractivity (Wildman–Crippen MR) is 141 cm³/mol. The lowest BCUT2D eigenvalue weighted by molar-refractivity contribution is -0.0143. The molecule has 36 heavy (non-hydrogen) atoms. The molecule has 1 saturated carbocycles. The Bertz CT molecular complexity index is 1420. The highest BCUT2D eigenvalue weighted by atomic mass is 19.1. The second-order valence-corrected chi connectivity index (χ2v) is 10.5. The quantitative estimate of drug-likeness (QED) is 0.377. The first-order chi connectivity index (χ1) is 17.5. The van der Waals surface area contributed by atoms with Gasteiger partial charge in [-0.05, 0) is 75.5 Å². The number of para-hydroxylation sites is 1. The molecule has 1 fully saturated rings. The van der Waals surface area contributed by atoms with Crippen LogP contribution in [0.2, 0.25) is 0 Å². The van der Waals surface area contributed by atoms with Gasteiger partial charge in [-0.15, -0.1) is 0 Å². The maximum Gasteiger partial charge on any atom is 0.257 e. The Kier molecular flexibility index (Phi) is 5.49. The number of amides is 1. The van der Waals surface area contributed by atoms with Crippen LogP contribution >= 0.6 is 0 Å². The molecule has 0 saturated heterocycles. The molecule has 0 atom stereocenters. The number of hydrogen-bond donors (Lipinski definition) is 1. The smallest absolute Gasteiger partial charge is 0.257 e. The van der Waals surface area contributed by atoms with Gasteiger partial charge in [0.05, 0.1) is 11.1 Å². The molecule has 1 aliphatic carbocycles. The zero-order valence-electron chi connectivity index (χ0n) is 20.9. The van der Waals surface area contributed by atoms with Gasteiger partial charge >= 0.3 is 0 Å². The zero-order chi connectivity index (χ0) is 24.9. The Morgan fingerprint density at radius 2 is 1.56 bits per heavy atom. The van der Waals surface area contributed by atoms with Gasteiger partial charge in [-0.3, -0.25) is 9.69 Å². The molecule has 1 aliphatic heterocycles. The summed E-state index contributed by atoms with van der Waals surface area (Å²) in [5.41, 5.74) is 4.41. The number of H-pyrrole nitrogens is 1. The fraction of sp³-hybridized carbons (Fsp3) is 0.323. The van der Waals surface area contributed by atoms with Gasteiger partial charge in [0.25, 0.3) is 5.91 Å². The van der Waals surface area contributed by atoms with E-state index in [9.17, 15) is 9.18 Å². The summed E-state index contributed by atoms with van der Waals surface area (Å²) in [6, 6.07) is 25.5. The van der Waals surface area contributed by atoms with E-state index in [1.54, 1.807) is 18.2 Å². The number of nitrogens with zero attached hydrogens (tertiary/aromatic N) is 2. The molecule has 0 radical (unpaired) electrons. The first kappa shape index (κ1) is 23.0. The number of rotatable bonds is 3. The molecule has 3 aromatic carbocycles. The summed E-state index contributed by atoms with van der Waals surface area (Å²) >= 11 is 0. The molecule has 2 heterocycles. The van der Waals surface area contributed by atoms with Crippen LogP contribution in [0.4, 0.5) is 4.39 Å². The zero-order valence-corrected chi connectivity index (χ0v) is 20.9. The molecule has 1 N–H and O–H groups in total. The number of carbonyl (C=O) groups excluding carboxylic acids is 1. The molecule has 0 unspecified atom stereocenters. The van der Waals surface area contributed by atoms with Crippen molar-refractivity contribution in [1.29, 1.82) is 0 Å². The Labute approximate surface area is 211 Å². The number of aromatic amines is 1. The lowest BCUT2D eigenvalue weighted by Crippen LogP contribution is -2.58. The van der Waals surface area contributed by atoms with Crippen LogP contribution in [0.3, 0.4) is 0 Å². The molecule has 0 bridgehead atoms.